The number of nitrogens with zero attached hydrogens (tertiary/aromatic N) is 3. The van der Waals surface area contributed by atoms with Gasteiger partial charge in [-0.15, -0.1) is 10.2 Å². The quantitative estimate of drug-likeness (QED) is 0.227. The largest absolute Gasteiger partial charge is 0.497 e. The zero-order chi connectivity index (χ0) is 20.2. The van der Waals surface area contributed by atoms with E-state index in [1.807, 2.05) is 60.7 Å². The molecule has 0 bridgehead atoms. The third-order valence-electron chi connectivity index (χ3n) is 4.53. The number of nitrogens with two attached hydrogens (primary N) is 1. The van der Waals surface area contributed by atoms with Crippen LogP contribution in [0.3, 0.4) is 0 Å². The van der Waals surface area contributed by atoms with Crippen LogP contribution in [-0.4, -0.2) is 16.6 Å². The van der Waals surface area contributed by atoms with Crippen molar-refractivity contribution in [2.45, 2.75) is 4.90 Å². The van der Waals surface area contributed by atoms with Crippen molar-refractivity contribution >= 4 is 39.9 Å². The average molecular weight is 402 g/mol. The van der Waals surface area contributed by atoms with Crippen LogP contribution in [-0.2, 0) is 0 Å². The van der Waals surface area contributed by atoms with Gasteiger partial charge in [-0.25, -0.2) is 0 Å². The van der Waals surface area contributed by atoms with E-state index in [0.717, 1.165) is 27.8 Å². The van der Waals surface area contributed by atoms with Gasteiger partial charge in [-0.2, -0.15) is 0 Å². The Balaban J connectivity index is 1.61. The predicted molar refractivity (Wildman–Crippen MR) is 117 cm³/mol. The Morgan fingerprint density at radius 1 is 0.966 bits per heavy atom. The first kappa shape index (κ1) is 18.9. The summed E-state index contributed by atoms with van der Waals surface area (Å²) in [5.41, 5.74) is 9.70. The highest BCUT2D eigenvalue weighted by atomic mass is 32.2. The molecule has 144 valence electrons. The highest BCUT2D eigenvalue weighted by molar-refractivity contribution is 7.94. The minimum absolute atomic E-state index is 0.500. The molecule has 7 heteroatoms. The highest BCUT2D eigenvalue weighted by Gasteiger charge is 2.10. The first-order valence-electron chi connectivity index (χ1n) is 8.84. The van der Waals surface area contributed by atoms with Crippen LogP contribution in [0.4, 0.5) is 17.1 Å². The number of rotatable bonds is 5. The van der Waals surface area contributed by atoms with E-state index < -0.39 is 0 Å². The summed E-state index contributed by atoms with van der Waals surface area (Å²) in [7, 11) is 1.64. The topological polar surface area (TPSA) is 93.1 Å². The van der Waals surface area contributed by atoms with Crippen LogP contribution in [0.15, 0.2) is 88.1 Å². The Morgan fingerprint density at radius 3 is 2.38 bits per heavy atom. The molecule has 0 spiro atoms. The summed E-state index contributed by atoms with van der Waals surface area (Å²) in [5.74, 6) is 0.799. The zero-order valence-corrected chi connectivity index (χ0v) is 16.4. The summed E-state index contributed by atoms with van der Waals surface area (Å²) >= 11 is 0.666. The summed E-state index contributed by atoms with van der Waals surface area (Å²) in [5, 5.41) is 10.2. The molecule has 4 rings (SSSR count). The molecule has 0 aliphatic carbocycles. The van der Waals surface area contributed by atoms with Crippen molar-refractivity contribution < 1.29 is 9.29 Å². The Kier molecular flexibility index (Phi) is 5.41. The van der Waals surface area contributed by atoms with Crippen molar-refractivity contribution in [1.29, 1.82) is 0 Å². The van der Waals surface area contributed by atoms with Crippen molar-refractivity contribution in [2.75, 3.05) is 12.8 Å². The van der Waals surface area contributed by atoms with Gasteiger partial charge in [0.1, 0.15) is 17.1 Å². The van der Waals surface area contributed by atoms with Gasteiger partial charge in [0.15, 0.2) is 0 Å². The summed E-state index contributed by atoms with van der Waals surface area (Å²) in [6.45, 7) is 0. The van der Waals surface area contributed by atoms with Crippen LogP contribution in [0.2, 0.25) is 0 Å². The number of anilines is 1. The Labute approximate surface area is 172 Å². The number of methoxy groups -OCH3 is 1. The number of nitrogen functional groups attached to an aromatic ring is 1. The molecule has 0 radical (unpaired) electrons. The normalized spacial score (nSPS) is 11.2. The Bertz CT molecular complexity index is 1180. The maximum Gasteiger partial charge on any atom is 0.118 e. The van der Waals surface area contributed by atoms with Gasteiger partial charge in [0.05, 0.1) is 24.7 Å². The fourth-order valence-electron chi connectivity index (χ4n) is 3.00. The summed E-state index contributed by atoms with van der Waals surface area (Å²) < 4.78 is 14.8. The highest BCUT2D eigenvalue weighted by Crippen LogP contribution is 2.38. The molecular formula is C22H18N4O2S. The molecule has 6 nitrogen and oxygen atoms in total. The van der Waals surface area contributed by atoms with Crippen LogP contribution >= 0.6 is 12.0 Å². The molecule has 0 saturated heterocycles. The molecule has 1 heterocycles. The van der Waals surface area contributed by atoms with Crippen molar-refractivity contribution in [3.05, 3.63) is 72.9 Å². The average Bonchev–Trinajstić information content (AvgIpc) is 2.79. The molecule has 0 saturated carbocycles. The maximum absolute atomic E-state index is 9.59. The predicted octanol–water partition coefficient (Wildman–Crippen LogP) is 6.47. The second-order valence-corrected chi connectivity index (χ2v) is 6.90. The lowest BCUT2D eigenvalue weighted by Crippen LogP contribution is -1.89. The number of aromatic nitrogens is 1. The Morgan fingerprint density at radius 2 is 1.72 bits per heavy atom. The van der Waals surface area contributed by atoms with E-state index >= 15 is 0 Å². The second kappa shape index (κ2) is 8.30. The molecule has 0 aliphatic rings. The maximum atomic E-state index is 9.59. The fraction of sp³-hybridized carbons (Fsp3) is 0.0455. The van der Waals surface area contributed by atoms with E-state index in [-0.39, 0.29) is 0 Å². The smallest absolute Gasteiger partial charge is 0.118 e. The van der Waals surface area contributed by atoms with Gasteiger partial charge in [0.25, 0.3) is 0 Å². The minimum Gasteiger partial charge on any atom is -0.497 e. The first-order valence-corrected chi connectivity index (χ1v) is 9.62. The molecule has 4 aromatic rings. The summed E-state index contributed by atoms with van der Waals surface area (Å²) in [4.78, 5) is 5.13. The molecule has 0 aliphatic heterocycles. The molecule has 3 N–H and O–H groups in total. The van der Waals surface area contributed by atoms with E-state index in [1.165, 1.54) is 0 Å². The number of hydrogen-bond donors (Lipinski definition) is 2. The van der Waals surface area contributed by atoms with Gasteiger partial charge in [-0.3, -0.25) is 4.98 Å². The summed E-state index contributed by atoms with van der Waals surface area (Å²) in [6.07, 6.45) is 1.65. The lowest BCUT2D eigenvalue weighted by molar-refractivity contribution is 0.415. The fourth-order valence-corrected chi connectivity index (χ4v) is 3.44. The van der Waals surface area contributed by atoms with Gasteiger partial charge >= 0.3 is 0 Å². The molecule has 29 heavy (non-hydrogen) atoms. The van der Waals surface area contributed by atoms with Crippen molar-refractivity contribution in [3.8, 4) is 17.0 Å². The van der Waals surface area contributed by atoms with E-state index in [9.17, 15) is 4.55 Å². The van der Waals surface area contributed by atoms with Gasteiger partial charge in [0.2, 0.25) is 0 Å². The van der Waals surface area contributed by atoms with E-state index in [1.54, 1.807) is 19.4 Å². The number of hydrogen-bond acceptors (Lipinski definition) is 7. The molecule has 3 aromatic carbocycles. The zero-order valence-electron chi connectivity index (χ0n) is 15.6. The lowest BCUT2D eigenvalue weighted by Gasteiger charge is -2.08. The molecule has 0 unspecified atom stereocenters. The first-order chi connectivity index (χ1) is 14.2. The number of benzene rings is 3. The van der Waals surface area contributed by atoms with E-state index in [0.29, 0.717) is 34.0 Å². The standard InChI is InChI=1S/C22H18N4O2S/c1-28-16-9-6-14(7-10-16)19-11-8-15(13-24-19)25-26-20-12-21(29-27)17-4-2-3-5-18(17)22(20)23/h2-13,27H,23H2,1H3. The van der Waals surface area contributed by atoms with E-state index in [4.69, 9.17) is 10.5 Å². The molecule has 0 amide bonds. The third-order valence-corrected chi connectivity index (χ3v) is 5.07. The van der Waals surface area contributed by atoms with Crippen molar-refractivity contribution in [3.63, 3.8) is 0 Å². The van der Waals surface area contributed by atoms with Crippen LogP contribution in [0.5, 0.6) is 5.75 Å². The monoisotopic (exact) mass is 402 g/mol. The lowest BCUT2D eigenvalue weighted by atomic mass is 10.1. The van der Waals surface area contributed by atoms with Crippen molar-refractivity contribution in [2.24, 2.45) is 10.2 Å². The van der Waals surface area contributed by atoms with E-state index in [2.05, 4.69) is 15.2 Å². The van der Waals surface area contributed by atoms with Gasteiger partial charge in [0, 0.05) is 27.9 Å². The van der Waals surface area contributed by atoms with Gasteiger partial charge in [-0.1, -0.05) is 24.3 Å². The molecule has 0 atom stereocenters. The second-order valence-electron chi connectivity index (χ2n) is 6.27. The minimum atomic E-state index is 0.500. The van der Waals surface area contributed by atoms with Crippen LogP contribution < -0.4 is 10.5 Å². The summed E-state index contributed by atoms with van der Waals surface area (Å²) in [6, 6.07) is 20.7. The number of azo groups is 1. The van der Waals surface area contributed by atoms with Crippen molar-refractivity contribution in [1.82, 2.24) is 4.98 Å². The van der Waals surface area contributed by atoms with Crippen LogP contribution in [0.25, 0.3) is 22.0 Å². The number of pyridine rings is 1. The Hall–Kier alpha value is -3.42. The van der Waals surface area contributed by atoms with Gasteiger partial charge < -0.3 is 15.0 Å². The number of ether oxygens (including phenoxy) is 1. The SMILES string of the molecule is COc1ccc(-c2ccc(N=Nc3cc(SO)c4ccccc4c3N)cn2)cc1. The molecule has 0 fully saturated rings. The van der Waals surface area contributed by atoms with Crippen LogP contribution in [0, 0.1) is 0 Å². The van der Waals surface area contributed by atoms with Crippen LogP contribution in [0.1, 0.15) is 0 Å². The third kappa shape index (κ3) is 3.91. The van der Waals surface area contributed by atoms with Gasteiger partial charge in [-0.05, 0) is 47.9 Å². The number of fused-ring (bicyclic) bond motifs is 1. The molecule has 1 aromatic heterocycles. The molecular weight excluding hydrogens is 384 g/mol.